The molecule has 0 fully saturated rings. The second-order valence-corrected chi connectivity index (χ2v) is 19.7. The van der Waals surface area contributed by atoms with E-state index in [4.69, 9.17) is 9.47 Å². The molecule has 0 aromatic heterocycles. The highest BCUT2D eigenvalue weighted by atomic mass is 16.6. The van der Waals surface area contributed by atoms with Crippen molar-refractivity contribution in [2.45, 2.75) is 290 Å². The molecule has 1 atom stereocenters. The van der Waals surface area contributed by atoms with Crippen molar-refractivity contribution in [3.05, 3.63) is 97.2 Å². The summed E-state index contributed by atoms with van der Waals surface area (Å²) >= 11 is 0. The summed E-state index contributed by atoms with van der Waals surface area (Å²) in [6.07, 6.45) is 85.3. The van der Waals surface area contributed by atoms with Crippen molar-refractivity contribution in [2.75, 3.05) is 13.2 Å². The fourth-order valence-electron chi connectivity index (χ4n) is 8.41. The third kappa shape index (κ3) is 57.4. The van der Waals surface area contributed by atoms with Crippen molar-refractivity contribution in [1.29, 1.82) is 0 Å². The topological polar surface area (TPSA) is 72.8 Å². The molecule has 0 heterocycles. The summed E-state index contributed by atoms with van der Waals surface area (Å²) in [4.78, 5) is 24.6. The van der Waals surface area contributed by atoms with E-state index in [1.807, 2.05) is 0 Å². The number of hydrogen-bond donors (Lipinski definition) is 1. The first-order valence-electron chi connectivity index (χ1n) is 29.8. The van der Waals surface area contributed by atoms with E-state index in [1.165, 1.54) is 167 Å². The van der Waals surface area contributed by atoms with Crippen LogP contribution in [0.5, 0.6) is 0 Å². The molecule has 0 amide bonds. The molecular formula is C65H112O5. The zero-order chi connectivity index (χ0) is 50.6. The molecule has 0 aliphatic carbocycles. The second kappa shape index (κ2) is 60.1. The first-order valence-corrected chi connectivity index (χ1v) is 29.8. The van der Waals surface area contributed by atoms with Crippen LogP contribution in [0.2, 0.25) is 0 Å². The molecule has 0 bridgehead atoms. The highest BCUT2D eigenvalue weighted by Crippen LogP contribution is 2.16. The van der Waals surface area contributed by atoms with Gasteiger partial charge in [0.15, 0.2) is 6.10 Å². The van der Waals surface area contributed by atoms with Gasteiger partial charge in [-0.15, -0.1) is 0 Å². The summed E-state index contributed by atoms with van der Waals surface area (Å²) in [7, 11) is 0. The lowest BCUT2D eigenvalue weighted by molar-refractivity contribution is -0.161. The molecule has 402 valence electrons. The smallest absolute Gasteiger partial charge is 0.306 e. The monoisotopic (exact) mass is 973 g/mol. The Bertz CT molecular complexity index is 1330. The Morgan fingerprint density at radius 1 is 0.343 bits per heavy atom. The van der Waals surface area contributed by atoms with Crippen LogP contribution < -0.4 is 0 Å². The van der Waals surface area contributed by atoms with Crippen molar-refractivity contribution >= 4 is 11.9 Å². The van der Waals surface area contributed by atoms with Crippen LogP contribution in [0.15, 0.2) is 97.2 Å². The number of esters is 2. The van der Waals surface area contributed by atoms with E-state index in [9.17, 15) is 14.7 Å². The van der Waals surface area contributed by atoms with Crippen molar-refractivity contribution in [3.8, 4) is 0 Å². The Labute approximate surface area is 434 Å². The van der Waals surface area contributed by atoms with E-state index in [0.29, 0.717) is 12.8 Å². The average molecular weight is 974 g/mol. The van der Waals surface area contributed by atoms with E-state index in [2.05, 4.69) is 111 Å². The first-order chi connectivity index (χ1) is 34.6. The third-order valence-electron chi connectivity index (χ3n) is 12.9. The van der Waals surface area contributed by atoms with Gasteiger partial charge in [0, 0.05) is 12.8 Å². The van der Waals surface area contributed by atoms with E-state index in [0.717, 1.165) is 89.9 Å². The van der Waals surface area contributed by atoms with Crippen molar-refractivity contribution in [2.24, 2.45) is 0 Å². The van der Waals surface area contributed by atoms with Crippen LogP contribution in [0.25, 0.3) is 0 Å². The largest absolute Gasteiger partial charge is 0.462 e. The lowest BCUT2D eigenvalue weighted by Crippen LogP contribution is -2.28. The zero-order valence-corrected chi connectivity index (χ0v) is 46.0. The van der Waals surface area contributed by atoms with Crippen LogP contribution in [0.4, 0.5) is 0 Å². The van der Waals surface area contributed by atoms with E-state index in [1.54, 1.807) is 0 Å². The minimum absolute atomic E-state index is 0.0720. The first kappa shape index (κ1) is 66.8. The number of carbonyl (C=O) groups excluding carboxylic acids is 2. The molecule has 70 heavy (non-hydrogen) atoms. The van der Waals surface area contributed by atoms with Gasteiger partial charge in [0.2, 0.25) is 0 Å². The third-order valence-corrected chi connectivity index (χ3v) is 12.9. The number of rotatable bonds is 54. The number of ether oxygens (including phenoxy) is 2. The number of unbranched alkanes of at least 4 members (excludes halogenated alkanes) is 30. The maximum atomic E-state index is 12.3. The minimum Gasteiger partial charge on any atom is -0.462 e. The molecule has 1 N–H and O–H groups in total. The molecule has 5 nitrogen and oxygen atoms in total. The van der Waals surface area contributed by atoms with Crippen LogP contribution >= 0.6 is 0 Å². The number of aliphatic hydroxyl groups is 1. The summed E-state index contributed by atoms with van der Waals surface area (Å²) < 4.78 is 10.7. The Morgan fingerprint density at radius 2 is 0.614 bits per heavy atom. The summed E-state index contributed by atoms with van der Waals surface area (Å²) in [5, 5.41) is 9.67. The van der Waals surface area contributed by atoms with Crippen LogP contribution in [0, 0.1) is 0 Å². The molecular weight excluding hydrogens is 861 g/mol. The Hall–Kier alpha value is -3.18. The number of hydrogen-bond acceptors (Lipinski definition) is 5. The van der Waals surface area contributed by atoms with Crippen LogP contribution in [-0.4, -0.2) is 36.4 Å². The number of allylic oxidation sites excluding steroid dienone is 16. The highest BCUT2D eigenvalue weighted by molar-refractivity contribution is 5.70. The molecule has 1 unspecified atom stereocenters. The van der Waals surface area contributed by atoms with Gasteiger partial charge >= 0.3 is 11.9 Å². The lowest BCUT2D eigenvalue weighted by Gasteiger charge is -2.15. The van der Waals surface area contributed by atoms with Gasteiger partial charge in [0.25, 0.3) is 0 Å². The van der Waals surface area contributed by atoms with E-state index >= 15 is 0 Å². The SMILES string of the molecule is CC/C=C\C/C=C\C/C=C\C/C=C\C/C=C\C/C=C\CCCCCCCCCCC(=O)OC(CO)COC(=O)CCCCCCCCCCCCCCCCCCC/C=C\C/C=C\CCCCCCC. The van der Waals surface area contributed by atoms with E-state index < -0.39 is 6.10 Å². The van der Waals surface area contributed by atoms with Crippen LogP contribution in [0.3, 0.4) is 0 Å². The van der Waals surface area contributed by atoms with Crippen LogP contribution in [-0.2, 0) is 19.1 Å². The molecule has 0 aromatic rings. The molecule has 0 saturated carbocycles. The predicted molar refractivity (Wildman–Crippen MR) is 306 cm³/mol. The Morgan fingerprint density at radius 3 is 0.929 bits per heavy atom. The molecule has 0 aromatic carbocycles. The van der Waals surface area contributed by atoms with Crippen molar-refractivity contribution < 1.29 is 24.2 Å². The second-order valence-electron chi connectivity index (χ2n) is 19.7. The maximum Gasteiger partial charge on any atom is 0.306 e. The summed E-state index contributed by atoms with van der Waals surface area (Å²) in [6.45, 7) is 4.03. The predicted octanol–water partition coefficient (Wildman–Crippen LogP) is 20.3. The standard InChI is InChI=1S/C65H112O5/c1-3-5-7-9-11-13-15-17-19-21-23-25-27-29-31-32-34-35-37-39-41-43-45-47-49-51-53-55-57-59-64(67)69-62-63(61-66)70-65(68)60-58-56-54-52-50-48-46-44-42-40-38-36-33-30-28-26-24-22-20-18-16-14-12-10-8-6-4-2/h6,8,12,14-15,17-18,20-21,23-24,26,30,33,38,40,63,66H,3-5,7,9-11,13,16,19,22,25,27-29,31-32,34-37,39,41-62H2,1-2H3/b8-6-,14-12-,17-15-,20-18-,23-21-,26-24-,33-30-,40-38-. The fraction of sp³-hybridized carbons (Fsp3) is 0.723. The summed E-state index contributed by atoms with van der Waals surface area (Å²) in [6, 6.07) is 0. The number of carbonyl (C=O) groups is 2. The van der Waals surface area contributed by atoms with Crippen molar-refractivity contribution in [3.63, 3.8) is 0 Å². The molecule has 0 rings (SSSR count). The normalized spacial score (nSPS) is 12.9. The van der Waals surface area contributed by atoms with E-state index in [-0.39, 0.29) is 25.2 Å². The Kier molecular flexibility index (Phi) is 57.4. The quantitative estimate of drug-likeness (QED) is 0.0373. The number of aliphatic hydroxyl groups excluding tert-OH is 1. The van der Waals surface area contributed by atoms with Gasteiger partial charge in [-0.25, -0.2) is 0 Å². The molecule has 0 radical (unpaired) electrons. The van der Waals surface area contributed by atoms with Gasteiger partial charge in [-0.05, 0) is 96.3 Å². The average Bonchev–Trinajstić information content (AvgIpc) is 3.36. The van der Waals surface area contributed by atoms with Gasteiger partial charge in [-0.2, -0.15) is 0 Å². The highest BCUT2D eigenvalue weighted by Gasteiger charge is 2.16. The van der Waals surface area contributed by atoms with Gasteiger partial charge in [0.1, 0.15) is 6.61 Å². The molecule has 5 heteroatoms. The van der Waals surface area contributed by atoms with Crippen LogP contribution in [0.1, 0.15) is 284 Å². The zero-order valence-electron chi connectivity index (χ0n) is 46.0. The minimum atomic E-state index is -0.783. The van der Waals surface area contributed by atoms with Gasteiger partial charge in [0.05, 0.1) is 6.61 Å². The molecule has 0 aliphatic heterocycles. The fourth-order valence-corrected chi connectivity index (χ4v) is 8.41. The van der Waals surface area contributed by atoms with Gasteiger partial charge in [-0.1, -0.05) is 272 Å². The maximum absolute atomic E-state index is 12.3. The Balaban J connectivity index is 3.51. The molecule has 0 spiro atoms. The molecule has 0 saturated heterocycles. The lowest BCUT2D eigenvalue weighted by atomic mass is 10.0. The van der Waals surface area contributed by atoms with Gasteiger partial charge < -0.3 is 14.6 Å². The summed E-state index contributed by atoms with van der Waals surface area (Å²) in [5.41, 5.74) is 0. The molecule has 0 aliphatic rings. The van der Waals surface area contributed by atoms with Crippen molar-refractivity contribution in [1.82, 2.24) is 0 Å². The van der Waals surface area contributed by atoms with Gasteiger partial charge in [-0.3, -0.25) is 9.59 Å². The summed E-state index contributed by atoms with van der Waals surface area (Å²) in [5.74, 6) is -0.596.